The molecule has 0 aliphatic heterocycles. The van der Waals surface area contributed by atoms with Crippen molar-refractivity contribution >= 4 is 38.7 Å². The zero-order valence-corrected chi connectivity index (χ0v) is 16.3. The van der Waals surface area contributed by atoms with Crippen LogP contribution in [0.3, 0.4) is 0 Å². The van der Waals surface area contributed by atoms with Gasteiger partial charge in [-0.3, -0.25) is 4.18 Å². The van der Waals surface area contributed by atoms with E-state index >= 15 is 0 Å². The van der Waals surface area contributed by atoms with Crippen molar-refractivity contribution in [3.05, 3.63) is 12.7 Å². The molecule has 0 amide bonds. The average Bonchev–Trinajstić information content (AvgIpc) is 1.86. The van der Waals surface area contributed by atoms with E-state index in [2.05, 4.69) is 10.8 Å². The van der Waals surface area contributed by atoms with Crippen LogP contribution in [0.5, 0.6) is 0 Å². The molecule has 0 saturated carbocycles. The van der Waals surface area contributed by atoms with E-state index in [1.54, 1.807) is 13.0 Å². The topological polar surface area (TPSA) is 58.6 Å². The van der Waals surface area contributed by atoms with E-state index in [1.807, 2.05) is 0 Å². The second-order valence-electron chi connectivity index (χ2n) is 1.94. The van der Waals surface area contributed by atoms with Gasteiger partial charge in [0.15, 0.2) is 0 Å². The Kier molecular flexibility index (Phi) is 21.2. The van der Waals surface area contributed by atoms with E-state index in [0.717, 1.165) is 0 Å². The summed E-state index contributed by atoms with van der Waals surface area (Å²) in [5, 5.41) is 0. The van der Waals surface area contributed by atoms with Crippen molar-refractivity contribution in [3.63, 3.8) is 0 Å². The molecule has 0 saturated heterocycles. The molecule has 74 valence electrons. The first-order valence-electron chi connectivity index (χ1n) is 3.12. The summed E-state index contributed by atoms with van der Waals surface area (Å²) in [5.41, 5.74) is 0. The first-order valence-corrected chi connectivity index (χ1v) is 4.12. The van der Waals surface area contributed by atoms with Gasteiger partial charge in [0.05, 0.1) is 30.7 Å². The zero-order valence-electron chi connectivity index (χ0n) is 9.02. The molecule has 7 heteroatoms. The summed E-state index contributed by atoms with van der Waals surface area (Å²) in [6.07, 6.45) is 1.15. The summed E-state index contributed by atoms with van der Waals surface area (Å²) in [6, 6.07) is 0. The molecule has 2 atom stereocenters. The Bertz CT molecular complexity index is 152. The van der Waals surface area contributed by atoms with Crippen LogP contribution in [-0.2, 0) is 20.3 Å². The monoisotopic (exact) mass is 413 g/mol. The van der Waals surface area contributed by atoms with E-state index in [4.69, 9.17) is 4.74 Å². The van der Waals surface area contributed by atoms with Crippen LogP contribution in [0.2, 0.25) is 0 Å². The molecule has 13 heavy (non-hydrogen) atoms. The van der Waals surface area contributed by atoms with Gasteiger partial charge in [0.2, 0.25) is 0 Å². The Hall–Kier alpha value is 1.69. The first-order chi connectivity index (χ1) is 5.16. The number of hydrogen-bond acceptors (Lipinski definition) is 4. The van der Waals surface area contributed by atoms with Crippen molar-refractivity contribution in [1.29, 1.82) is 0 Å². The standard InChI is InChI=1S/C6H12O4S.Na.Pb.3H/c1-3-4-9-5-6(2)10-11(7)8;;;;;/h3,6H,1,4-5H2,2H3,(H,7,8);;;;;/q;+1;;;;-1/p-1. The molecule has 0 aliphatic carbocycles. The van der Waals surface area contributed by atoms with Crippen LogP contribution >= 0.6 is 0 Å². The molecule has 0 aliphatic rings. The third-order valence-electron chi connectivity index (χ3n) is 0.831. The van der Waals surface area contributed by atoms with Gasteiger partial charge < -0.3 is 10.7 Å². The third kappa shape index (κ3) is 16.4. The van der Waals surface area contributed by atoms with Crippen LogP contribution in [0.4, 0.5) is 0 Å². The summed E-state index contributed by atoms with van der Waals surface area (Å²) >= 11 is -2.46. The maximum absolute atomic E-state index is 9.94. The molecule has 0 aromatic heterocycles. The van der Waals surface area contributed by atoms with Crippen LogP contribution in [-0.4, -0.2) is 55.4 Å². The Morgan fingerprint density at radius 3 is 2.69 bits per heavy atom. The van der Waals surface area contributed by atoms with Crippen LogP contribution in [0.1, 0.15) is 8.35 Å². The Labute approximate surface area is 125 Å². The minimum absolute atomic E-state index is 0. The van der Waals surface area contributed by atoms with Crippen molar-refractivity contribution in [3.8, 4) is 0 Å². The van der Waals surface area contributed by atoms with Crippen LogP contribution in [0, 0.1) is 0 Å². The van der Waals surface area contributed by atoms with Gasteiger partial charge in [-0.25, -0.2) is 4.21 Å². The molecule has 2 radical (unpaired) electrons. The fourth-order valence-corrected chi connectivity index (χ4v) is 0.803. The van der Waals surface area contributed by atoms with Crippen molar-refractivity contribution < 1.29 is 48.7 Å². The predicted octanol–water partition coefficient (Wildman–Crippen LogP) is -3.41. The molecule has 0 spiro atoms. The van der Waals surface area contributed by atoms with Crippen molar-refractivity contribution in [1.82, 2.24) is 0 Å². The van der Waals surface area contributed by atoms with E-state index in [-0.39, 0.29) is 64.9 Å². The molecule has 2 unspecified atom stereocenters. The molecule has 0 rings (SSSR count). The fraction of sp³-hybridized carbons (Fsp3) is 0.667. The number of ether oxygens (including phenoxy) is 1. The molecule has 0 bridgehead atoms. The molecule has 0 aromatic rings. The van der Waals surface area contributed by atoms with E-state index < -0.39 is 17.5 Å². The van der Waals surface area contributed by atoms with Gasteiger partial charge in [-0.2, -0.15) is 0 Å². The van der Waals surface area contributed by atoms with E-state index in [1.165, 1.54) is 0 Å². The van der Waals surface area contributed by atoms with Gasteiger partial charge in [-0.1, -0.05) is 6.08 Å². The number of hydrogen-bond donors (Lipinski definition) is 0. The summed E-state index contributed by atoms with van der Waals surface area (Å²) in [5.74, 6) is 0. The molecule has 4 nitrogen and oxygen atoms in total. The van der Waals surface area contributed by atoms with Gasteiger partial charge in [0.25, 0.3) is 0 Å². The van der Waals surface area contributed by atoms with Gasteiger partial charge in [-0.15, -0.1) is 6.58 Å². The Morgan fingerprint density at radius 1 is 1.77 bits per heavy atom. The Morgan fingerprint density at radius 2 is 2.31 bits per heavy atom. The van der Waals surface area contributed by atoms with Gasteiger partial charge in [0, 0.05) is 0 Å². The van der Waals surface area contributed by atoms with Gasteiger partial charge in [-0.05, 0) is 6.92 Å². The van der Waals surface area contributed by atoms with Gasteiger partial charge >= 0.3 is 56.9 Å². The minimum atomic E-state index is -2.46. The zero-order chi connectivity index (χ0) is 8.69. The van der Waals surface area contributed by atoms with E-state index in [9.17, 15) is 8.76 Å². The number of rotatable bonds is 6. The SMILES string of the molecule is C=CCOCC(C)OS(=O)[O-].[H-].[Na+].[PbH2]. The third-order valence-corrected chi connectivity index (χ3v) is 1.32. The normalized spacial score (nSPS) is 13.4. The summed E-state index contributed by atoms with van der Waals surface area (Å²) in [6.45, 7) is 5.69. The van der Waals surface area contributed by atoms with Gasteiger partial charge in [0.1, 0.15) is 0 Å². The molecule has 0 aromatic carbocycles. The van der Waals surface area contributed by atoms with Crippen molar-refractivity contribution in [2.45, 2.75) is 13.0 Å². The molecule has 0 fully saturated rings. The van der Waals surface area contributed by atoms with Crippen molar-refractivity contribution in [2.24, 2.45) is 0 Å². The predicted molar refractivity (Wildman–Crippen MR) is 50.1 cm³/mol. The van der Waals surface area contributed by atoms with Crippen molar-refractivity contribution in [2.75, 3.05) is 13.2 Å². The second-order valence-corrected chi connectivity index (χ2v) is 2.54. The molecule has 0 N–H and O–H groups in total. The summed E-state index contributed by atoms with van der Waals surface area (Å²) < 4.78 is 29.2. The van der Waals surface area contributed by atoms with E-state index in [0.29, 0.717) is 6.61 Å². The quantitative estimate of drug-likeness (QED) is 0.198. The first kappa shape index (κ1) is 20.1. The maximum atomic E-state index is 9.94. The van der Waals surface area contributed by atoms with Crippen LogP contribution < -0.4 is 29.6 Å². The average molecular weight is 412 g/mol. The summed E-state index contributed by atoms with van der Waals surface area (Å²) in [4.78, 5) is 0. The fourth-order valence-electron chi connectivity index (χ4n) is 0.479. The van der Waals surface area contributed by atoms with Crippen LogP contribution in [0.15, 0.2) is 12.7 Å². The molecular weight excluding hydrogens is 398 g/mol. The van der Waals surface area contributed by atoms with Crippen LogP contribution in [0.25, 0.3) is 0 Å². The second kappa shape index (κ2) is 13.7. The Balaban J connectivity index is -0.000000167. The molecule has 0 heterocycles. The molecular formula is C6H14NaO4PbS-. The summed E-state index contributed by atoms with van der Waals surface area (Å²) in [7, 11) is 0.